The second-order valence-corrected chi connectivity index (χ2v) is 9.92. The van der Waals surface area contributed by atoms with E-state index in [1.54, 1.807) is 43.3 Å². The molecule has 0 aliphatic rings. The van der Waals surface area contributed by atoms with E-state index in [1.165, 1.54) is 18.2 Å². The van der Waals surface area contributed by atoms with Crippen LogP contribution in [0.5, 0.6) is 0 Å². The summed E-state index contributed by atoms with van der Waals surface area (Å²) < 4.78 is 44.8. The molecule has 9 heteroatoms. The minimum absolute atomic E-state index is 0.0175. The van der Waals surface area contributed by atoms with Gasteiger partial charge in [-0.15, -0.1) is 0 Å². The number of hydrogen-bond acceptors (Lipinski definition) is 6. The van der Waals surface area contributed by atoms with Crippen molar-refractivity contribution in [3.63, 3.8) is 0 Å². The lowest BCUT2D eigenvalue weighted by Gasteiger charge is -2.13. The van der Waals surface area contributed by atoms with Crippen molar-refractivity contribution >= 4 is 27.4 Å². The summed E-state index contributed by atoms with van der Waals surface area (Å²) in [6.45, 7) is 2.60. The first-order valence-electron chi connectivity index (χ1n) is 10.7. The van der Waals surface area contributed by atoms with Gasteiger partial charge in [-0.1, -0.05) is 35.9 Å². The van der Waals surface area contributed by atoms with E-state index in [1.807, 2.05) is 0 Å². The van der Waals surface area contributed by atoms with Crippen molar-refractivity contribution in [3.8, 4) is 0 Å². The molecule has 6 nitrogen and oxygen atoms in total. The van der Waals surface area contributed by atoms with E-state index in [-0.39, 0.29) is 22.0 Å². The molecule has 0 aliphatic carbocycles. The molecule has 1 atom stereocenters. The van der Waals surface area contributed by atoms with Gasteiger partial charge in [-0.2, -0.15) is 0 Å². The van der Waals surface area contributed by atoms with Crippen LogP contribution in [0.1, 0.15) is 34.5 Å². The smallest absolute Gasteiger partial charge is 0.341 e. The normalized spacial score (nSPS) is 12.4. The molecule has 0 saturated heterocycles. The maximum absolute atomic E-state index is 14.3. The van der Waals surface area contributed by atoms with Gasteiger partial charge >= 0.3 is 5.97 Å². The van der Waals surface area contributed by atoms with Crippen molar-refractivity contribution < 1.29 is 27.4 Å². The molecule has 0 spiro atoms. The Hall–Kier alpha value is -2.78. The molecule has 0 heterocycles. The van der Waals surface area contributed by atoms with Gasteiger partial charge in [0.15, 0.2) is 0 Å². The molecule has 0 fully saturated rings. The molecular weight excluding hydrogens is 481 g/mol. The lowest BCUT2D eigenvalue weighted by molar-refractivity contribution is 0.0521. The summed E-state index contributed by atoms with van der Waals surface area (Å²) >= 11 is 5.94. The Labute approximate surface area is 203 Å². The van der Waals surface area contributed by atoms with Crippen LogP contribution in [0.25, 0.3) is 0 Å². The molecule has 3 aromatic carbocycles. The number of rotatable bonds is 10. The predicted octanol–water partition coefficient (Wildman–Crippen LogP) is 4.35. The highest BCUT2D eigenvalue weighted by molar-refractivity contribution is 7.91. The van der Waals surface area contributed by atoms with Crippen molar-refractivity contribution in [1.82, 2.24) is 5.32 Å². The van der Waals surface area contributed by atoms with Crippen LogP contribution in [0, 0.1) is 5.82 Å². The van der Waals surface area contributed by atoms with E-state index in [9.17, 15) is 22.7 Å². The lowest BCUT2D eigenvalue weighted by Crippen LogP contribution is -2.23. The fourth-order valence-corrected chi connectivity index (χ4v) is 4.78. The van der Waals surface area contributed by atoms with Crippen molar-refractivity contribution in [2.45, 2.75) is 29.2 Å². The van der Waals surface area contributed by atoms with E-state index in [2.05, 4.69) is 5.32 Å². The van der Waals surface area contributed by atoms with E-state index >= 15 is 0 Å². The number of ether oxygens (including phenoxy) is 1. The number of sulfone groups is 1. The minimum atomic E-state index is -3.96. The number of hydrogen-bond donors (Lipinski definition) is 2. The highest BCUT2D eigenvalue weighted by atomic mass is 35.5. The third-order valence-corrected chi connectivity index (χ3v) is 7.14. The van der Waals surface area contributed by atoms with Gasteiger partial charge in [0.2, 0.25) is 9.84 Å². The van der Waals surface area contributed by atoms with Crippen molar-refractivity contribution in [1.29, 1.82) is 0 Å². The minimum Gasteiger partial charge on any atom is -0.462 e. The van der Waals surface area contributed by atoms with Crippen LogP contribution in [-0.4, -0.2) is 39.2 Å². The second-order valence-electron chi connectivity index (χ2n) is 7.53. The van der Waals surface area contributed by atoms with E-state index in [0.717, 1.165) is 23.3 Å². The van der Waals surface area contributed by atoms with Gasteiger partial charge in [-0.05, 0) is 73.5 Å². The van der Waals surface area contributed by atoms with Crippen LogP contribution in [0.3, 0.4) is 0 Å². The zero-order chi connectivity index (χ0) is 24.7. The quantitative estimate of drug-likeness (QED) is 0.314. The highest BCUT2D eigenvalue weighted by Crippen LogP contribution is 2.24. The second kappa shape index (κ2) is 11.6. The number of nitrogens with one attached hydrogen (secondary N) is 1. The van der Waals surface area contributed by atoms with Gasteiger partial charge in [0.25, 0.3) is 0 Å². The summed E-state index contributed by atoms with van der Waals surface area (Å²) in [6.07, 6.45) is -0.0762. The molecule has 0 aliphatic heterocycles. The zero-order valence-corrected chi connectivity index (χ0v) is 20.1. The molecular formula is C25H25ClFNO5S. The Morgan fingerprint density at radius 2 is 1.79 bits per heavy atom. The molecule has 3 aromatic rings. The number of aliphatic hydroxyl groups is 1. The van der Waals surface area contributed by atoms with Crippen molar-refractivity contribution in [3.05, 3.63) is 94.3 Å². The topological polar surface area (TPSA) is 92.7 Å². The third-order valence-electron chi connectivity index (χ3n) is 5.14. The molecule has 0 radical (unpaired) electrons. The van der Waals surface area contributed by atoms with Crippen LogP contribution >= 0.6 is 11.6 Å². The maximum atomic E-state index is 14.3. The molecule has 180 valence electrons. The van der Waals surface area contributed by atoms with Crippen LogP contribution in [0.15, 0.2) is 76.5 Å². The Bertz CT molecular complexity index is 1250. The highest BCUT2D eigenvalue weighted by Gasteiger charge is 2.21. The Balaban J connectivity index is 1.59. The predicted molar refractivity (Wildman–Crippen MR) is 127 cm³/mol. The molecule has 0 saturated carbocycles. The first-order valence-corrected chi connectivity index (χ1v) is 12.5. The van der Waals surface area contributed by atoms with Crippen molar-refractivity contribution in [2.75, 3.05) is 19.7 Å². The van der Waals surface area contributed by atoms with Crippen LogP contribution in [-0.2, 0) is 21.0 Å². The fourth-order valence-electron chi connectivity index (χ4n) is 3.31. The van der Waals surface area contributed by atoms with Gasteiger partial charge in [0.1, 0.15) is 5.82 Å². The summed E-state index contributed by atoms with van der Waals surface area (Å²) in [5.41, 5.74) is 1.30. The number of benzene rings is 3. The molecule has 3 rings (SSSR count). The molecule has 0 amide bonds. The van der Waals surface area contributed by atoms with Gasteiger partial charge in [0, 0.05) is 11.6 Å². The Morgan fingerprint density at radius 3 is 2.44 bits per heavy atom. The standard InChI is InChI=1S/C25H25ClFNO5S/c1-2-33-25(30)22-11-10-21(15-23(22)27)34(31,32)20-8-6-17(7-9-20)12-13-28-16-24(29)18-4-3-5-19(26)14-18/h3-11,14-15,24,28-29H,2,12-13,16H2,1H3/t24-/m1/s1. The molecule has 0 unspecified atom stereocenters. The Kier molecular flexibility index (Phi) is 8.79. The summed E-state index contributed by atoms with van der Waals surface area (Å²) in [7, 11) is -3.96. The monoisotopic (exact) mass is 505 g/mol. The Morgan fingerprint density at radius 1 is 1.09 bits per heavy atom. The van der Waals surface area contributed by atoms with Crippen LogP contribution in [0.4, 0.5) is 4.39 Å². The van der Waals surface area contributed by atoms with Gasteiger partial charge in [0.05, 0.1) is 28.1 Å². The number of esters is 1. The van der Waals surface area contributed by atoms with E-state index in [0.29, 0.717) is 24.5 Å². The zero-order valence-electron chi connectivity index (χ0n) is 18.5. The van der Waals surface area contributed by atoms with Crippen LogP contribution in [0.2, 0.25) is 5.02 Å². The van der Waals surface area contributed by atoms with E-state index < -0.39 is 27.7 Å². The third kappa shape index (κ3) is 6.42. The van der Waals surface area contributed by atoms with E-state index in [4.69, 9.17) is 16.3 Å². The average molecular weight is 506 g/mol. The van der Waals surface area contributed by atoms with Gasteiger partial charge in [-0.25, -0.2) is 17.6 Å². The maximum Gasteiger partial charge on any atom is 0.341 e. The van der Waals surface area contributed by atoms with Crippen molar-refractivity contribution in [2.24, 2.45) is 0 Å². The summed E-state index contributed by atoms with van der Waals surface area (Å²) in [5, 5.41) is 14.0. The number of carbonyl (C=O) groups excluding carboxylic acids is 1. The lowest BCUT2D eigenvalue weighted by atomic mass is 10.1. The molecule has 0 aromatic heterocycles. The van der Waals surface area contributed by atoms with Gasteiger partial charge in [-0.3, -0.25) is 0 Å². The summed E-state index contributed by atoms with van der Waals surface area (Å²) in [6, 6.07) is 16.4. The SMILES string of the molecule is CCOC(=O)c1ccc(S(=O)(=O)c2ccc(CCNC[C@@H](O)c3cccc(Cl)c3)cc2)cc1F. The summed E-state index contributed by atoms with van der Waals surface area (Å²) in [4.78, 5) is 11.5. The summed E-state index contributed by atoms with van der Waals surface area (Å²) in [5.74, 6) is -1.80. The van der Waals surface area contributed by atoms with Gasteiger partial charge < -0.3 is 15.2 Å². The molecule has 2 N–H and O–H groups in total. The molecule has 34 heavy (non-hydrogen) atoms. The number of aliphatic hydroxyl groups excluding tert-OH is 1. The fraction of sp³-hybridized carbons (Fsp3) is 0.240. The molecule has 0 bridgehead atoms. The number of halogens is 2. The largest absolute Gasteiger partial charge is 0.462 e. The first-order chi connectivity index (χ1) is 16.2. The van der Waals surface area contributed by atoms with Crippen LogP contribution < -0.4 is 5.32 Å². The first kappa shape index (κ1) is 25.8. The number of carbonyl (C=O) groups is 1. The average Bonchev–Trinajstić information content (AvgIpc) is 2.82.